The second-order valence-electron chi connectivity index (χ2n) is 10.6. The van der Waals surface area contributed by atoms with E-state index in [0.717, 1.165) is 86.7 Å². The highest BCUT2D eigenvalue weighted by molar-refractivity contribution is 5.94. The van der Waals surface area contributed by atoms with Crippen molar-refractivity contribution in [3.8, 4) is 0 Å². The number of nitrogens with zero attached hydrogens (tertiary/aromatic N) is 2. The topological polar surface area (TPSA) is 46.9 Å². The van der Waals surface area contributed by atoms with Crippen LogP contribution in [-0.2, 0) is 25.6 Å². The van der Waals surface area contributed by atoms with Crippen molar-refractivity contribution in [3.05, 3.63) is 88.0 Å². The smallest absolute Gasteiger partial charge is 0.347 e. The molecule has 4 nitrogen and oxygen atoms in total. The molecule has 0 saturated heterocycles. The number of amides is 1. The third-order valence-corrected chi connectivity index (χ3v) is 7.93. The fourth-order valence-corrected chi connectivity index (χ4v) is 5.96. The van der Waals surface area contributed by atoms with Crippen LogP contribution in [-0.4, -0.2) is 15.7 Å². The van der Waals surface area contributed by atoms with Gasteiger partial charge in [-0.3, -0.25) is 9.48 Å². The van der Waals surface area contributed by atoms with Crippen molar-refractivity contribution in [2.45, 2.75) is 88.9 Å². The minimum atomic E-state index is -4.39. The summed E-state index contributed by atoms with van der Waals surface area (Å²) in [7, 11) is 0. The van der Waals surface area contributed by atoms with Crippen molar-refractivity contribution >= 4 is 5.91 Å². The first-order valence-corrected chi connectivity index (χ1v) is 13.6. The number of carbonyl (C=O) groups excluding carboxylic acids is 1. The van der Waals surface area contributed by atoms with E-state index in [1.54, 1.807) is 0 Å². The number of benzene rings is 2. The molecule has 1 unspecified atom stereocenters. The zero-order valence-electron chi connectivity index (χ0n) is 21.4. The molecule has 3 aromatic rings. The maximum absolute atomic E-state index is 13.5. The molecule has 0 bridgehead atoms. The van der Waals surface area contributed by atoms with Gasteiger partial charge in [-0.1, -0.05) is 49.9 Å². The molecule has 2 aromatic carbocycles. The molecule has 1 N–H and O–H groups in total. The molecule has 1 saturated carbocycles. The molecule has 0 aliphatic heterocycles. The van der Waals surface area contributed by atoms with Crippen molar-refractivity contribution in [2.75, 3.05) is 0 Å². The Kier molecular flexibility index (Phi) is 7.86. The Morgan fingerprint density at radius 2 is 1.55 bits per heavy atom. The minimum absolute atomic E-state index is 0.126. The fraction of sp³-hybridized carbons (Fsp3) is 0.467. The van der Waals surface area contributed by atoms with Crippen molar-refractivity contribution < 1.29 is 22.4 Å². The predicted molar refractivity (Wildman–Crippen MR) is 137 cm³/mol. The average molecular weight is 528 g/mol. The summed E-state index contributed by atoms with van der Waals surface area (Å²) in [5.74, 6) is -0.364. The maximum atomic E-state index is 13.5. The Morgan fingerprint density at radius 1 is 0.895 bits per heavy atom. The van der Waals surface area contributed by atoms with Crippen LogP contribution in [0.4, 0.5) is 17.6 Å². The number of halogens is 4. The van der Waals surface area contributed by atoms with E-state index in [0.29, 0.717) is 11.3 Å². The van der Waals surface area contributed by atoms with Crippen LogP contribution in [0, 0.1) is 5.82 Å². The summed E-state index contributed by atoms with van der Waals surface area (Å²) < 4.78 is 54.3. The van der Waals surface area contributed by atoms with E-state index < -0.39 is 11.7 Å². The van der Waals surface area contributed by atoms with Crippen LogP contribution in [0.25, 0.3) is 0 Å². The summed E-state index contributed by atoms with van der Waals surface area (Å²) in [6, 6.07) is 11.8. The fourth-order valence-electron chi connectivity index (χ4n) is 5.96. The van der Waals surface area contributed by atoms with Gasteiger partial charge >= 0.3 is 6.18 Å². The third-order valence-electron chi connectivity index (χ3n) is 7.93. The zero-order valence-corrected chi connectivity index (χ0v) is 21.4. The molecule has 1 heterocycles. The lowest BCUT2D eigenvalue weighted by molar-refractivity contribution is -0.137. The lowest BCUT2D eigenvalue weighted by Gasteiger charge is -2.27. The van der Waals surface area contributed by atoms with E-state index in [-0.39, 0.29) is 30.2 Å². The number of alkyl halides is 3. The molecule has 0 radical (unpaired) electrons. The number of aromatic nitrogens is 2. The van der Waals surface area contributed by atoms with E-state index in [1.807, 2.05) is 12.1 Å². The molecule has 1 amide bonds. The second-order valence-corrected chi connectivity index (χ2v) is 10.6. The molecular formula is C30H33F4N3O. The first-order chi connectivity index (χ1) is 18.3. The van der Waals surface area contributed by atoms with Crippen LogP contribution in [0.2, 0.25) is 0 Å². The van der Waals surface area contributed by atoms with Gasteiger partial charge in [0.15, 0.2) is 5.69 Å². The highest BCUT2D eigenvalue weighted by Gasteiger charge is 2.33. The molecule has 0 spiro atoms. The third kappa shape index (κ3) is 5.94. The van der Waals surface area contributed by atoms with E-state index in [4.69, 9.17) is 5.10 Å². The molecular weight excluding hydrogens is 494 g/mol. The second kappa shape index (κ2) is 11.3. The van der Waals surface area contributed by atoms with Gasteiger partial charge in [0.05, 0.1) is 11.6 Å². The lowest BCUT2D eigenvalue weighted by Crippen LogP contribution is -2.25. The molecule has 5 rings (SSSR count). The number of fused-ring (bicyclic) bond motifs is 1. The molecule has 202 valence electrons. The summed E-state index contributed by atoms with van der Waals surface area (Å²) in [5.41, 5.74) is 3.51. The van der Waals surface area contributed by atoms with Gasteiger partial charge in [-0.05, 0) is 73.9 Å². The Morgan fingerprint density at radius 3 is 2.24 bits per heavy atom. The highest BCUT2D eigenvalue weighted by Crippen LogP contribution is 2.39. The Hall–Kier alpha value is -3.16. The van der Waals surface area contributed by atoms with Gasteiger partial charge in [-0.25, -0.2) is 4.39 Å². The highest BCUT2D eigenvalue weighted by atomic mass is 19.4. The van der Waals surface area contributed by atoms with E-state index in [1.165, 1.54) is 30.7 Å². The molecule has 8 heteroatoms. The van der Waals surface area contributed by atoms with Crippen LogP contribution < -0.4 is 5.32 Å². The van der Waals surface area contributed by atoms with Crippen LogP contribution in [0.1, 0.15) is 102 Å². The van der Waals surface area contributed by atoms with Gasteiger partial charge in [0.1, 0.15) is 5.82 Å². The number of hydrogen-bond donors (Lipinski definition) is 1. The van der Waals surface area contributed by atoms with Gasteiger partial charge in [-0.2, -0.15) is 18.3 Å². The summed E-state index contributed by atoms with van der Waals surface area (Å²) in [5, 5.41) is 7.81. The molecule has 2 aliphatic carbocycles. The summed E-state index contributed by atoms with van der Waals surface area (Å²) in [6.45, 7) is 0.126. The largest absolute Gasteiger partial charge is 0.416 e. The molecule has 1 fully saturated rings. The van der Waals surface area contributed by atoms with Crippen LogP contribution >= 0.6 is 0 Å². The van der Waals surface area contributed by atoms with Crippen molar-refractivity contribution in [1.29, 1.82) is 0 Å². The number of rotatable bonds is 6. The standard InChI is InChI=1S/C30H33F4N3O/c31-24-16-12-20(13-17-24)18-22-6-4-5-9-26-27(36-37(28(22)26)25-7-2-1-3-8-25)29(38)35-19-21-10-14-23(15-11-21)30(32,33)34/h10-17,22,25H,1-9,18-19H2,(H,35,38). The summed E-state index contributed by atoms with van der Waals surface area (Å²) in [6.07, 6.45) is 5.66. The average Bonchev–Trinajstić information content (AvgIpc) is 3.18. The van der Waals surface area contributed by atoms with Crippen LogP contribution in [0.5, 0.6) is 0 Å². The van der Waals surface area contributed by atoms with Crippen molar-refractivity contribution in [2.24, 2.45) is 0 Å². The van der Waals surface area contributed by atoms with Gasteiger partial charge in [-0.15, -0.1) is 0 Å². The summed E-state index contributed by atoms with van der Waals surface area (Å²) >= 11 is 0. The lowest BCUT2D eigenvalue weighted by atomic mass is 9.89. The van der Waals surface area contributed by atoms with Crippen molar-refractivity contribution in [1.82, 2.24) is 15.1 Å². The van der Waals surface area contributed by atoms with E-state index >= 15 is 0 Å². The van der Waals surface area contributed by atoms with Crippen LogP contribution in [0.15, 0.2) is 48.5 Å². The van der Waals surface area contributed by atoms with Gasteiger partial charge in [0, 0.05) is 23.7 Å². The van der Waals surface area contributed by atoms with Gasteiger partial charge in [0.2, 0.25) is 0 Å². The molecule has 1 aromatic heterocycles. The molecule has 38 heavy (non-hydrogen) atoms. The normalized spacial score (nSPS) is 18.6. The summed E-state index contributed by atoms with van der Waals surface area (Å²) in [4.78, 5) is 13.4. The maximum Gasteiger partial charge on any atom is 0.416 e. The number of hydrogen-bond acceptors (Lipinski definition) is 2. The first kappa shape index (κ1) is 26.4. The molecule has 2 aliphatic rings. The molecule has 1 atom stereocenters. The number of nitrogens with one attached hydrogen (secondary N) is 1. The van der Waals surface area contributed by atoms with Crippen molar-refractivity contribution in [3.63, 3.8) is 0 Å². The van der Waals surface area contributed by atoms with E-state index in [2.05, 4.69) is 10.00 Å². The number of carbonyl (C=O) groups is 1. The van der Waals surface area contributed by atoms with Crippen LogP contribution in [0.3, 0.4) is 0 Å². The zero-order chi connectivity index (χ0) is 26.7. The monoisotopic (exact) mass is 527 g/mol. The minimum Gasteiger partial charge on any atom is -0.347 e. The van der Waals surface area contributed by atoms with Gasteiger partial charge < -0.3 is 5.32 Å². The SMILES string of the molecule is O=C(NCc1ccc(C(F)(F)F)cc1)c1nn(C2CCCCC2)c2c1CCCCC2Cc1ccc(F)cc1. The van der Waals surface area contributed by atoms with E-state index in [9.17, 15) is 22.4 Å². The Labute approximate surface area is 220 Å². The van der Waals surface area contributed by atoms with Gasteiger partial charge in [0.25, 0.3) is 5.91 Å². The quantitative estimate of drug-likeness (QED) is 0.266. The Balaban J connectivity index is 1.42. The first-order valence-electron chi connectivity index (χ1n) is 13.6. The Bertz CT molecular complexity index is 1240. The predicted octanol–water partition coefficient (Wildman–Crippen LogP) is 7.53.